The summed E-state index contributed by atoms with van der Waals surface area (Å²) in [6.07, 6.45) is 7.53. The van der Waals surface area contributed by atoms with E-state index in [1.165, 1.54) is 5.56 Å². The summed E-state index contributed by atoms with van der Waals surface area (Å²) in [6.45, 7) is 6.76. The number of hydrogen-bond acceptors (Lipinski definition) is 5. The van der Waals surface area contributed by atoms with Gasteiger partial charge in [0.05, 0.1) is 0 Å². The smallest absolute Gasteiger partial charge is 0.158 e. The van der Waals surface area contributed by atoms with Crippen molar-refractivity contribution in [3.05, 3.63) is 67.3 Å². The molecule has 3 heterocycles. The molecular formula is C20H24N6. The molecule has 1 aliphatic rings. The molecule has 0 spiro atoms. The zero-order chi connectivity index (χ0) is 17.9. The van der Waals surface area contributed by atoms with Crippen LogP contribution in [0.3, 0.4) is 0 Å². The first-order valence-electron chi connectivity index (χ1n) is 9.01. The van der Waals surface area contributed by atoms with E-state index in [1.54, 1.807) is 6.33 Å². The molecule has 0 saturated carbocycles. The molecule has 0 amide bonds. The number of aromatic nitrogens is 3. The van der Waals surface area contributed by atoms with Crippen molar-refractivity contribution in [3.63, 3.8) is 0 Å². The molecule has 1 aromatic carbocycles. The van der Waals surface area contributed by atoms with Crippen molar-refractivity contribution in [1.29, 1.82) is 0 Å². The Bertz CT molecular complexity index is 862. The number of nitrogens with zero attached hydrogens (tertiary/aromatic N) is 4. The highest BCUT2D eigenvalue weighted by Crippen LogP contribution is 2.25. The van der Waals surface area contributed by atoms with Gasteiger partial charge in [0.15, 0.2) is 5.82 Å². The third-order valence-corrected chi connectivity index (χ3v) is 4.97. The molecule has 1 saturated heterocycles. The van der Waals surface area contributed by atoms with E-state index in [0.29, 0.717) is 6.04 Å². The number of anilines is 2. The van der Waals surface area contributed by atoms with Crippen LogP contribution in [0.15, 0.2) is 42.9 Å². The molecule has 6 heteroatoms. The van der Waals surface area contributed by atoms with Gasteiger partial charge in [0.1, 0.15) is 11.8 Å². The first-order chi connectivity index (χ1) is 12.7. The first-order valence-corrected chi connectivity index (χ1v) is 9.01. The molecule has 3 N–H and O–H groups in total. The van der Waals surface area contributed by atoms with Crippen LogP contribution in [0.2, 0.25) is 0 Å². The van der Waals surface area contributed by atoms with Gasteiger partial charge >= 0.3 is 0 Å². The third kappa shape index (κ3) is 3.57. The van der Waals surface area contributed by atoms with E-state index < -0.39 is 0 Å². The van der Waals surface area contributed by atoms with Crippen LogP contribution >= 0.6 is 0 Å². The molecule has 4 rings (SSSR count). The van der Waals surface area contributed by atoms with Crippen LogP contribution in [0.25, 0.3) is 5.52 Å². The average molecular weight is 348 g/mol. The summed E-state index contributed by atoms with van der Waals surface area (Å²) in [5, 5.41) is 7.77. The van der Waals surface area contributed by atoms with Crippen LogP contribution in [0.5, 0.6) is 0 Å². The van der Waals surface area contributed by atoms with Gasteiger partial charge in [-0.15, -0.1) is 0 Å². The second kappa shape index (κ2) is 7.43. The molecule has 2 aromatic heterocycles. The number of rotatable bonds is 5. The Morgan fingerprint density at radius 1 is 1.19 bits per heavy atom. The van der Waals surface area contributed by atoms with Crippen LogP contribution < -0.4 is 11.1 Å². The fraction of sp³-hybridized carbons (Fsp3) is 0.300. The van der Waals surface area contributed by atoms with Gasteiger partial charge in [0, 0.05) is 24.5 Å². The number of nitrogens with one attached hydrogen (secondary N) is 1. The third-order valence-electron chi connectivity index (χ3n) is 4.97. The van der Waals surface area contributed by atoms with Gasteiger partial charge in [-0.25, -0.2) is 9.50 Å². The van der Waals surface area contributed by atoms with Crippen molar-refractivity contribution < 1.29 is 0 Å². The maximum Gasteiger partial charge on any atom is 0.158 e. The minimum absolute atomic E-state index is 0.344. The van der Waals surface area contributed by atoms with E-state index in [4.69, 9.17) is 5.73 Å². The second-order valence-electron chi connectivity index (χ2n) is 6.81. The van der Waals surface area contributed by atoms with Crippen molar-refractivity contribution in [2.24, 2.45) is 5.73 Å². The fourth-order valence-electron chi connectivity index (χ4n) is 3.43. The summed E-state index contributed by atoms with van der Waals surface area (Å²) < 4.78 is 1.89. The Hall–Kier alpha value is -2.44. The summed E-state index contributed by atoms with van der Waals surface area (Å²) in [6, 6.07) is 10.6. The summed E-state index contributed by atoms with van der Waals surface area (Å²) in [4.78, 5) is 6.93. The number of piperidine rings is 1. The lowest BCUT2D eigenvalue weighted by atomic mass is 10.1. The number of fused-ring (bicyclic) bond motifs is 1. The van der Waals surface area contributed by atoms with Crippen molar-refractivity contribution in [3.8, 4) is 0 Å². The molecule has 1 fully saturated rings. The Morgan fingerprint density at radius 2 is 1.96 bits per heavy atom. The van der Waals surface area contributed by atoms with Crippen molar-refractivity contribution in [2.45, 2.75) is 25.4 Å². The van der Waals surface area contributed by atoms with E-state index in [-0.39, 0.29) is 0 Å². The lowest BCUT2D eigenvalue weighted by Crippen LogP contribution is -2.39. The minimum Gasteiger partial charge on any atom is -0.338 e. The maximum atomic E-state index is 6.02. The first kappa shape index (κ1) is 17.0. The molecule has 0 aliphatic carbocycles. The molecule has 6 nitrogen and oxygen atoms in total. The van der Waals surface area contributed by atoms with Gasteiger partial charge in [-0.2, -0.15) is 5.10 Å². The molecule has 2 radical (unpaired) electrons. The van der Waals surface area contributed by atoms with E-state index in [0.717, 1.165) is 55.1 Å². The van der Waals surface area contributed by atoms with E-state index in [9.17, 15) is 0 Å². The highest BCUT2D eigenvalue weighted by atomic mass is 15.3. The number of hydrogen-bond donors (Lipinski definition) is 2. The van der Waals surface area contributed by atoms with Gasteiger partial charge in [0.2, 0.25) is 0 Å². The zero-order valence-electron chi connectivity index (χ0n) is 14.8. The Morgan fingerprint density at radius 3 is 2.69 bits per heavy atom. The molecular weight excluding hydrogens is 324 g/mol. The quantitative estimate of drug-likeness (QED) is 0.742. The molecule has 26 heavy (non-hydrogen) atoms. The molecule has 0 unspecified atom stereocenters. The summed E-state index contributed by atoms with van der Waals surface area (Å²) >= 11 is 0. The normalized spacial score (nSPS) is 16.2. The highest BCUT2D eigenvalue weighted by molar-refractivity contribution is 5.76. The predicted octanol–water partition coefficient (Wildman–Crippen LogP) is 2.78. The van der Waals surface area contributed by atoms with E-state index in [1.807, 2.05) is 41.4 Å². The SMILES string of the molecule is [CH2][CH]c1ccc(Nc2ncnn3ccc(CN4CCC(N)CC4)c23)cc1. The largest absolute Gasteiger partial charge is 0.338 e. The lowest BCUT2D eigenvalue weighted by molar-refractivity contribution is 0.206. The fourth-order valence-corrected chi connectivity index (χ4v) is 3.43. The van der Waals surface area contributed by atoms with Gasteiger partial charge < -0.3 is 11.1 Å². The van der Waals surface area contributed by atoms with E-state index >= 15 is 0 Å². The topological polar surface area (TPSA) is 71.5 Å². The summed E-state index contributed by atoms with van der Waals surface area (Å²) in [5.74, 6) is 0.820. The van der Waals surface area contributed by atoms with Crippen molar-refractivity contribution in [2.75, 3.05) is 18.4 Å². The van der Waals surface area contributed by atoms with Crippen LogP contribution in [0, 0.1) is 13.3 Å². The maximum absolute atomic E-state index is 6.02. The number of nitrogens with two attached hydrogens (primary N) is 1. The zero-order valence-corrected chi connectivity index (χ0v) is 14.8. The van der Waals surface area contributed by atoms with Crippen LogP contribution in [0.4, 0.5) is 11.5 Å². The summed E-state index contributed by atoms with van der Waals surface area (Å²) in [5.41, 5.74) is 10.4. The Kier molecular flexibility index (Phi) is 4.86. The van der Waals surface area contributed by atoms with Crippen LogP contribution in [-0.2, 0) is 6.54 Å². The summed E-state index contributed by atoms with van der Waals surface area (Å²) in [7, 11) is 0. The molecule has 134 valence electrons. The Balaban J connectivity index is 1.59. The van der Waals surface area contributed by atoms with Gasteiger partial charge in [0.25, 0.3) is 0 Å². The molecule has 1 aliphatic heterocycles. The number of likely N-dealkylation sites (tertiary alicyclic amines) is 1. The van der Waals surface area contributed by atoms with Crippen molar-refractivity contribution >= 4 is 17.0 Å². The van der Waals surface area contributed by atoms with Crippen LogP contribution in [0.1, 0.15) is 24.0 Å². The van der Waals surface area contributed by atoms with Gasteiger partial charge in [-0.1, -0.05) is 12.1 Å². The van der Waals surface area contributed by atoms with Gasteiger partial charge in [-0.05, 0) is 68.6 Å². The average Bonchev–Trinajstić information content (AvgIpc) is 3.08. The van der Waals surface area contributed by atoms with Crippen LogP contribution in [-0.4, -0.2) is 38.6 Å². The lowest BCUT2D eigenvalue weighted by Gasteiger charge is -2.29. The van der Waals surface area contributed by atoms with Gasteiger partial charge in [-0.3, -0.25) is 4.90 Å². The second-order valence-corrected chi connectivity index (χ2v) is 6.81. The van der Waals surface area contributed by atoms with E-state index in [2.05, 4.69) is 33.3 Å². The standard InChI is InChI=1S/C20H24N6/c1-2-15-3-5-18(6-4-15)24-20-19-16(7-12-26(19)23-14-22-20)13-25-10-8-17(21)9-11-25/h2-7,12,14,17H,1,8-11,13,21H2,(H,22,23,24). The Labute approximate surface area is 154 Å². The monoisotopic (exact) mass is 348 g/mol. The number of benzene rings is 1. The minimum atomic E-state index is 0.344. The highest BCUT2D eigenvalue weighted by Gasteiger charge is 2.18. The molecule has 0 bridgehead atoms. The molecule has 3 aromatic rings. The predicted molar refractivity (Wildman–Crippen MR) is 104 cm³/mol. The van der Waals surface area contributed by atoms with Crippen molar-refractivity contribution in [1.82, 2.24) is 19.5 Å². The molecule has 0 atom stereocenters.